The van der Waals surface area contributed by atoms with Crippen LogP contribution >= 0.6 is 0 Å². The molecule has 0 unspecified atom stereocenters. The molecule has 0 aliphatic heterocycles. The minimum Gasteiger partial charge on any atom is -0.478 e. The third-order valence-electron chi connectivity index (χ3n) is 6.42. The summed E-state index contributed by atoms with van der Waals surface area (Å²) in [6.07, 6.45) is 4.40. The number of hydrazone groups is 2. The van der Waals surface area contributed by atoms with Crippen LogP contribution in [0.1, 0.15) is 15.9 Å². The van der Waals surface area contributed by atoms with Crippen molar-refractivity contribution in [1.29, 1.82) is 0 Å². The standard InChI is InChI=1S/C29H19N5O9S/c35-26-12-10-18(13-23(26)29(37)38)31-32-19-9-11-20(25(14-19)34(39)40)16-5-7-17(8-6-16)30-33-24-15-27(44(41,42)43)21-3-1-2-4-22(21)28(24)36/h1-15,30,32H,(H,37,38)(H,41,42,43). The van der Waals surface area contributed by atoms with Crippen LogP contribution in [0.5, 0.6) is 0 Å². The minimum atomic E-state index is -4.65. The number of carboxylic acid groups (broad SMARTS) is 1. The van der Waals surface area contributed by atoms with Crippen LogP contribution in [0.25, 0.3) is 16.0 Å². The van der Waals surface area contributed by atoms with Crippen molar-refractivity contribution < 1.29 is 37.4 Å². The highest BCUT2D eigenvalue weighted by molar-refractivity contribution is 7.95. The lowest BCUT2D eigenvalue weighted by atomic mass is 9.95. The highest BCUT2D eigenvalue weighted by Crippen LogP contribution is 2.33. The largest absolute Gasteiger partial charge is 0.478 e. The van der Waals surface area contributed by atoms with E-state index in [9.17, 15) is 37.5 Å². The third kappa shape index (κ3) is 6.08. The van der Waals surface area contributed by atoms with Gasteiger partial charge in [0, 0.05) is 17.2 Å². The average molecular weight is 614 g/mol. The van der Waals surface area contributed by atoms with Gasteiger partial charge in [0.1, 0.15) is 16.2 Å². The number of carbonyl (C=O) groups is 3. The maximum absolute atomic E-state index is 12.9. The Hall–Kier alpha value is -6.06. The van der Waals surface area contributed by atoms with Crippen molar-refractivity contribution in [2.75, 3.05) is 10.9 Å². The van der Waals surface area contributed by atoms with Gasteiger partial charge in [-0.25, -0.2) is 4.79 Å². The van der Waals surface area contributed by atoms with Crippen molar-refractivity contribution in [1.82, 2.24) is 0 Å². The Bertz CT molecular complexity index is 2030. The van der Waals surface area contributed by atoms with Gasteiger partial charge in [0.2, 0.25) is 5.78 Å². The van der Waals surface area contributed by atoms with Gasteiger partial charge in [-0.3, -0.25) is 35.1 Å². The molecule has 3 aromatic rings. The number of nitrogens with zero attached hydrogens (tertiary/aromatic N) is 3. The van der Waals surface area contributed by atoms with E-state index in [1.54, 1.807) is 30.3 Å². The van der Waals surface area contributed by atoms with Gasteiger partial charge in [0.05, 0.1) is 27.6 Å². The molecule has 0 atom stereocenters. The van der Waals surface area contributed by atoms with Gasteiger partial charge in [-0.05, 0) is 54.1 Å². The quantitative estimate of drug-likeness (QED) is 0.0933. The van der Waals surface area contributed by atoms with Crippen molar-refractivity contribution >= 4 is 61.0 Å². The minimum absolute atomic E-state index is 0.0574. The Morgan fingerprint density at radius 2 is 1.50 bits per heavy atom. The molecule has 0 spiro atoms. The zero-order valence-electron chi connectivity index (χ0n) is 22.2. The molecule has 0 amide bonds. The fraction of sp³-hybridized carbons (Fsp3) is 0. The number of Topliss-reactive ketones (excluding diaryl/α,β-unsaturated/α-hetero) is 1. The fourth-order valence-electron chi connectivity index (χ4n) is 4.33. The lowest BCUT2D eigenvalue weighted by Gasteiger charge is -2.16. The Morgan fingerprint density at radius 1 is 0.841 bits per heavy atom. The molecule has 0 heterocycles. The molecule has 5 rings (SSSR count). The number of benzene rings is 3. The molecule has 0 fully saturated rings. The first-order valence-electron chi connectivity index (χ1n) is 12.5. The van der Waals surface area contributed by atoms with E-state index >= 15 is 0 Å². The van der Waals surface area contributed by atoms with E-state index in [1.807, 2.05) is 0 Å². The zero-order chi connectivity index (χ0) is 31.6. The Kier molecular flexibility index (Phi) is 7.81. The number of hydrogen-bond donors (Lipinski definition) is 4. The van der Waals surface area contributed by atoms with E-state index in [-0.39, 0.29) is 39.5 Å². The van der Waals surface area contributed by atoms with Gasteiger partial charge in [-0.1, -0.05) is 36.4 Å². The summed E-state index contributed by atoms with van der Waals surface area (Å²) in [5.74, 6) is -2.64. The average Bonchev–Trinajstić information content (AvgIpc) is 3.00. The van der Waals surface area contributed by atoms with Crippen LogP contribution in [-0.2, 0) is 19.7 Å². The second kappa shape index (κ2) is 11.7. The second-order valence-corrected chi connectivity index (χ2v) is 10.6. The van der Waals surface area contributed by atoms with Crippen LogP contribution in [-0.4, -0.2) is 52.0 Å². The van der Waals surface area contributed by atoms with E-state index < -0.39 is 43.1 Å². The first-order chi connectivity index (χ1) is 20.9. The van der Waals surface area contributed by atoms with Gasteiger partial charge >= 0.3 is 5.97 Å². The number of anilines is 2. The predicted molar refractivity (Wildman–Crippen MR) is 161 cm³/mol. The summed E-state index contributed by atoms with van der Waals surface area (Å²) >= 11 is 0. The first kappa shape index (κ1) is 29.4. The maximum atomic E-state index is 12.9. The number of rotatable bonds is 8. The van der Waals surface area contributed by atoms with Crippen LogP contribution in [0.4, 0.5) is 17.1 Å². The lowest BCUT2D eigenvalue weighted by Crippen LogP contribution is -2.22. The van der Waals surface area contributed by atoms with Crippen molar-refractivity contribution in [3.63, 3.8) is 0 Å². The molecule has 2 aliphatic rings. The molecule has 3 aromatic carbocycles. The van der Waals surface area contributed by atoms with Crippen LogP contribution < -0.4 is 10.9 Å². The van der Waals surface area contributed by atoms with Crippen LogP contribution in [0.15, 0.2) is 107 Å². The number of aliphatic carboxylic acids is 1. The smallest absolute Gasteiger partial charge is 0.339 e. The zero-order valence-corrected chi connectivity index (χ0v) is 23.0. The van der Waals surface area contributed by atoms with E-state index in [0.29, 0.717) is 11.3 Å². The van der Waals surface area contributed by atoms with Crippen LogP contribution in [0, 0.1) is 10.1 Å². The molecule has 0 bridgehead atoms. The molecular weight excluding hydrogens is 594 g/mol. The summed E-state index contributed by atoms with van der Waals surface area (Å²) in [5, 5.41) is 29.0. The molecule has 14 nitrogen and oxygen atoms in total. The van der Waals surface area contributed by atoms with Gasteiger partial charge in [-0.15, -0.1) is 0 Å². The third-order valence-corrected chi connectivity index (χ3v) is 7.31. The highest BCUT2D eigenvalue weighted by Gasteiger charge is 2.30. The summed E-state index contributed by atoms with van der Waals surface area (Å²) in [6.45, 7) is 0. The number of hydrogen-bond acceptors (Lipinski definition) is 11. The Morgan fingerprint density at radius 3 is 2.16 bits per heavy atom. The number of nitrogens with one attached hydrogen (secondary N) is 2. The van der Waals surface area contributed by atoms with Crippen molar-refractivity contribution in [3.05, 3.63) is 118 Å². The summed E-state index contributed by atoms with van der Waals surface area (Å²) < 4.78 is 33.5. The molecule has 2 aliphatic carbocycles. The SMILES string of the molecule is O=C(O)C1=CC(=NNc2ccc(-c3ccc(NN=C4C=C(S(=O)(=O)O)c5ccccc5C4=O)cc3)c([N+](=O)[O-])c2)C=CC1=O. The topological polar surface area (TPSA) is 218 Å². The molecular formula is C29H19N5O9S. The molecule has 0 aromatic heterocycles. The molecule has 44 heavy (non-hydrogen) atoms. The van der Waals surface area contributed by atoms with Crippen molar-refractivity contribution in [3.8, 4) is 11.1 Å². The van der Waals surface area contributed by atoms with E-state index in [4.69, 9.17) is 5.11 Å². The van der Waals surface area contributed by atoms with Crippen molar-refractivity contribution in [2.45, 2.75) is 0 Å². The number of nitro benzene ring substituents is 1. The van der Waals surface area contributed by atoms with Crippen LogP contribution in [0.3, 0.4) is 0 Å². The molecule has 15 heteroatoms. The molecule has 0 saturated carbocycles. The maximum Gasteiger partial charge on any atom is 0.339 e. The molecule has 4 N–H and O–H groups in total. The number of ketones is 2. The van der Waals surface area contributed by atoms with Gasteiger partial charge in [-0.2, -0.15) is 18.6 Å². The van der Waals surface area contributed by atoms with Crippen molar-refractivity contribution in [2.24, 2.45) is 10.2 Å². The Balaban J connectivity index is 1.36. The van der Waals surface area contributed by atoms with Gasteiger partial charge in [0.25, 0.3) is 15.8 Å². The van der Waals surface area contributed by atoms with Crippen LogP contribution in [0.2, 0.25) is 0 Å². The number of carboxylic acids is 1. The highest BCUT2D eigenvalue weighted by atomic mass is 32.2. The monoisotopic (exact) mass is 613 g/mol. The first-order valence-corrected chi connectivity index (χ1v) is 13.9. The van der Waals surface area contributed by atoms with Gasteiger partial charge < -0.3 is 5.11 Å². The lowest BCUT2D eigenvalue weighted by molar-refractivity contribution is -0.384. The fourth-order valence-corrected chi connectivity index (χ4v) is 5.04. The summed E-state index contributed by atoms with van der Waals surface area (Å²) in [4.78, 5) is 46.5. The van der Waals surface area contributed by atoms with E-state index in [1.165, 1.54) is 42.5 Å². The molecule has 0 saturated heterocycles. The number of nitro groups is 1. The van der Waals surface area contributed by atoms with E-state index in [2.05, 4.69) is 21.1 Å². The second-order valence-electron chi connectivity index (χ2n) is 9.24. The number of carbonyl (C=O) groups excluding carboxylic acids is 2. The molecule has 220 valence electrons. The summed E-state index contributed by atoms with van der Waals surface area (Å²) in [7, 11) is -4.65. The normalized spacial score (nSPS) is 16.3. The number of allylic oxidation sites excluding steroid dienone is 4. The summed E-state index contributed by atoms with van der Waals surface area (Å²) in [6, 6.07) is 16.4. The molecule has 0 radical (unpaired) electrons. The van der Waals surface area contributed by atoms with E-state index in [0.717, 1.165) is 18.2 Å². The number of fused-ring (bicyclic) bond motifs is 1. The Labute approximate surface area is 248 Å². The summed E-state index contributed by atoms with van der Waals surface area (Å²) in [5.41, 5.74) is 5.87. The predicted octanol–water partition coefficient (Wildman–Crippen LogP) is 4.07. The van der Waals surface area contributed by atoms with Gasteiger partial charge in [0.15, 0.2) is 5.78 Å².